The minimum atomic E-state index is -0.341. The van der Waals surface area contributed by atoms with Crippen molar-refractivity contribution in [3.05, 3.63) is 96.1 Å². The fraction of sp³-hybridized carbons (Fsp3) is 0.273. The maximum atomic E-state index is 12.5. The minimum absolute atomic E-state index is 0.0577. The topological polar surface area (TPSA) is 68.3 Å². The number of carbonyl (C=O) groups excluding carboxylic acids is 2. The van der Waals surface area contributed by atoms with Crippen molar-refractivity contribution in [2.24, 2.45) is 0 Å². The highest BCUT2D eigenvalue weighted by atomic mass is 32.2. The van der Waals surface area contributed by atoms with Crippen molar-refractivity contribution in [2.45, 2.75) is 37.8 Å². The van der Waals surface area contributed by atoms with E-state index >= 15 is 0 Å². The van der Waals surface area contributed by atoms with E-state index < -0.39 is 0 Å². The van der Waals surface area contributed by atoms with Gasteiger partial charge in [-0.1, -0.05) is 48.5 Å². The molecule has 4 aromatic carbocycles. The fourth-order valence-electron chi connectivity index (χ4n) is 4.73. The van der Waals surface area contributed by atoms with Crippen molar-refractivity contribution in [2.75, 3.05) is 37.1 Å². The fourth-order valence-corrected chi connectivity index (χ4v) is 5.67. The first-order valence-electron chi connectivity index (χ1n) is 13.4. The van der Waals surface area contributed by atoms with E-state index in [1.807, 2.05) is 65.8 Å². The first-order valence-corrected chi connectivity index (χ1v) is 14.2. The first kappa shape index (κ1) is 29.8. The first-order chi connectivity index (χ1) is 19.8. The van der Waals surface area contributed by atoms with Crippen LogP contribution in [-0.4, -0.2) is 45.9 Å². The molecule has 0 aromatic heterocycles. The summed E-state index contributed by atoms with van der Waals surface area (Å²) in [4.78, 5) is 28.0. The number of methoxy groups -OCH3 is 3. The van der Waals surface area contributed by atoms with Gasteiger partial charge in [0.15, 0.2) is 0 Å². The lowest BCUT2D eigenvalue weighted by molar-refractivity contribution is -0.141. The molecule has 8 heteroatoms. The van der Waals surface area contributed by atoms with Gasteiger partial charge in [0.25, 0.3) is 0 Å². The number of aryl methyl sites for hydroxylation is 1. The van der Waals surface area contributed by atoms with Crippen LogP contribution in [0.4, 0.5) is 11.4 Å². The number of nitrogens with zero attached hydrogens (tertiary/aromatic N) is 2. The molecule has 214 valence electrons. The Hall–Kier alpha value is -4.17. The summed E-state index contributed by atoms with van der Waals surface area (Å²) in [7, 11) is 4.45. The average Bonchev–Trinajstić information content (AvgIpc) is 3.00. The van der Waals surface area contributed by atoms with E-state index in [1.165, 1.54) is 37.3 Å². The highest BCUT2D eigenvalue weighted by Gasteiger charge is 2.24. The summed E-state index contributed by atoms with van der Waals surface area (Å²) < 4.78 is 17.3. The van der Waals surface area contributed by atoms with Gasteiger partial charge in [-0.05, 0) is 73.3 Å². The summed E-state index contributed by atoms with van der Waals surface area (Å²) >= 11 is 1.46. The number of anilines is 2. The van der Waals surface area contributed by atoms with Crippen LogP contribution in [0, 0.1) is 6.92 Å². The number of carbonyl (C=O) groups is 2. The summed E-state index contributed by atoms with van der Waals surface area (Å²) in [6, 6.07) is 28.1. The third kappa shape index (κ3) is 7.32. The van der Waals surface area contributed by atoms with Crippen LogP contribution in [0.2, 0.25) is 0 Å². The molecule has 7 nitrogen and oxygen atoms in total. The minimum Gasteiger partial charge on any atom is -0.497 e. The molecule has 0 radical (unpaired) electrons. The molecule has 0 saturated heterocycles. The van der Waals surface area contributed by atoms with Crippen LogP contribution in [0.1, 0.15) is 24.5 Å². The van der Waals surface area contributed by atoms with Gasteiger partial charge in [0.1, 0.15) is 12.3 Å². The van der Waals surface area contributed by atoms with E-state index in [2.05, 4.69) is 42.2 Å². The van der Waals surface area contributed by atoms with Gasteiger partial charge >= 0.3 is 11.9 Å². The third-order valence-electron chi connectivity index (χ3n) is 7.06. The monoisotopic (exact) mass is 572 g/mol. The van der Waals surface area contributed by atoms with Gasteiger partial charge in [0, 0.05) is 33.9 Å². The Kier molecular flexibility index (Phi) is 10.1. The second-order valence-corrected chi connectivity index (χ2v) is 10.8. The van der Waals surface area contributed by atoms with Crippen LogP contribution in [0.3, 0.4) is 0 Å². The number of esters is 2. The summed E-state index contributed by atoms with van der Waals surface area (Å²) in [6.45, 7) is 4.82. The lowest BCUT2D eigenvalue weighted by Crippen LogP contribution is -2.35. The number of ether oxygens (including phenoxy) is 3. The number of hydrogen-bond donors (Lipinski definition) is 0. The smallest absolute Gasteiger partial charge is 0.326 e. The summed E-state index contributed by atoms with van der Waals surface area (Å²) in [5, 5.41) is 2.00. The molecular formula is C33H36N2O5S. The Bertz CT molecular complexity index is 1490. The zero-order valence-electron chi connectivity index (χ0n) is 24.1. The Labute approximate surface area is 246 Å². The molecule has 0 saturated carbocycles. The normalized spacial score (nSPS) is 11.5. The van der Waals surface area contributed by atoms with E-state index in [1.54, 1.807) is 7.11 Å². The van der Waals surface area contributed by atoms with Crippen LogP contribution >= 0.6 is 11.9 Å². The van der Waals surface area contributed by atoms with Gasteiger partial charge < -0.3 is 23.4 Å². The van der Waals surface area contributed by atoms with Crippen LogP contribution in [0.15, 0.2) is 89.8 Å². The number of fused-ring (bicyclic) bond motifs is 1. The maximum absolute atomic E-state index is 12.5. The molecular weight excluding hydrogens is 536 g/mol. The number of benzene rings is 4. The SMILES string of the molecule is COC(=O)C[C@H](C)N(Cc1ccccc1C)c1ccc(N(CC(=O)OC)Sc2ccc(OC)cc2)c2ccccc12. The Morgan fingerprint density at radius 3 is 2.02 bits per heavy atom. The second kappa shape index (κ2) is 13.9. The van der Waals surface area contributed by atoms with Crippen LogP contribution in [-0.2, 0) is 25.6 Å². The predicted molar refractivity (Wildman–Crippen MR) is 166 cm³/mol. The third-order valence-corrected chi connectivity index (χ3v) is 8.08. The van der Waals surface area contributed by atoms with Gasteiger partial charge in [-0.2, -0.15) is 0 Å². The molecule has 41 heavy (non-hydrogen) atoms. The largest absolute Gasteiger partial charge is 0.497 e. The predicted octanol–water partition coefficient (Wildman–Crippen LogP) is 6.80. The van der Waals surface area contributed by atoms with Crippen molar-refractivity contribution in [3.8, 4) is 5.75 Å². The van der Waals surface area contributed by atoms with Crippen LogP contribution in [0.5, 0.6) is 5.75 Å². The van der Waals surface area contributed by atoms with E-state index in [4.69, 9.17) is 14.2 Å². The Morgan fingerprint density at radius 2 is 1.39 bits per heavy atom. The van der Waals surface area contributed by atoms with E-state index in [0.29, 0.717) is 6.54 Å². The summed E-state index contributed by atoms with van der Waals surface area (Å²) in [5.74, 6) is 0.166. The molecule has 0 amide bonds. The van der Waals surface area contributed by atoms with E-state index in [-0.39, 0.29) is 30.9 Å². The van der Waals surface area contributed by atoms with Crippen LogP contribution in [0.25, 0.3) is 10.8 Å². The lowest BCUT2D eigenvalue weighted by atomic mass is 10.0. The van der Waals surface area contributed by atoms with Crippen LogP contribution < -0.4 is 13.9 Å². The highest BCUT2D eigenvalue weighted by molar-refractivity contribution is 8.00. The van der Waals surface area contributed by atoms with Gasteiger partial charge in [-0.25, -0.2) is 0 Å². The standard InChI is InChI=1S/C33H36N2O5S/c1-23-10-6-7-11-25(23)21-34(24(2)20-32(36)39-4)30-18-19-31(29-13-9-8-12-28(29)30)35(22-33(37)40-5)41-27-16-14-26(38-3)15-17-27/h6-19,24H,20-22H2,1-5H3/t24-/m0/s1. The maximum Gasteiger partial charge on any atom is 0.326 e. The zero-order chi connectivity index (χ0) is 29.4. The van der Waals surface area contributed by atoms with Gasteiger partial charge in [-0.3, -0.25) is 9.59 Å². The number of rotatable bonds is 12. The highest BCUT2D eigenvalue weighted by Crippen LogP contribution is 2.40. The molecule has 4 aromatic rings. The van der Waals surface area contributed by atoms with Crippen molar-refractivity contribution in [1.82, 2.24) is 0 Å². The lowest BCUT2D eigenvalue weighted by Gasteiger charge is -2.33. The Balaban J connectivity index is 1.80. The Morgan fingerprint density at radius 1 is 0.780 bits per heavy atom. The molecule has 0 aliphatic heterocycles. The molecule has 0 spiro atoms. The molecule has 0 aliphatic carbocycles. The van der Waals surface area contributed by atoms with Gasteiger partial charge in [0.05, 0.1) is 33.4 Å². The molecule has 4 rings (SSSR count). The van der Waals surface area contributed by atoms with E-state index in [9.17, 15) is 9.59 Å². The summed E-state index contributed by atoms with van der Waals surface area (Å²) in [6.07, 6.45) is 0.250. The van der Waals surface area contributed by atoms with Gasteiger partial charge in [-0.15, -0.1) is 0 Å². The van der Waals surface area contributed by atoms with Gasteiger partial charge in [0.2, 0.25) is 0 Å². The zero-order valence-corrected chi connectivity index (χ0v) is 24.9. The van der Waals surface area contributed by atoms with Crippen molar-refractivity contribution >= 4 is 46.0 Å². The summed E-state index contributed by atoms with van der Waals surface area (Å²) in [5.41, 5.74) is 4.24. The molecule has 0 unspecified atom stereocenters. The second-order valence-electron chi connectivity index (χ2n) is 9.71. The van der Waals surface area contributed by atoms with Crippen molar-refractivity contribution in [3.63, 3.8) is 0 Å². The molecule has 1 atom stereocenters. The molecule has 0 fully saturated rings. The van der Waals surface area contributed by atoms with Crippen molar-refractivity contribution < 1.29 is 23.8 Å². The quantitative estimate of drug-likeness (QED) is 0.136. The number of hydrogen-bond acceptors (Lipinski definition) is 8. The molecule has 0 bridgehead atoms. The molecule has 0 aliphatic rings. The average molecular weight is 573 g/mol. The van der Waals surface area contributed by atoms with Crippen molar-refractivity contribution in [1.29, 1.82) is 0 Å². The molecule has 0 heterocycles. The van der Waals surface area contributed by atoms with E-state index in [0.717, 1.165) is 32.8 Å². The molecule has 0 N–H and O–H groups in total.